The highest BCUT2D eigenvalue weighted by molar-refractivity contribution is 7.95. The number of rotatable bonds is 18. The molecule has 5 nitrogen and oxygen atoms in total. The lowest BCUT2D eigenvalue weighted by molar-refractivity contribution is -0.268. The zero-order valence-electron chi connectivity index (χ0n) is 33.3. The molecule has 0 saturated carbocycles. The van der Waals surface area contributed by atoms with Crippen LogP contribution >= 0.6 is 7.26 Å². The number of hydrogen-bond acceptors (Lipinski definition) is 5. The number of benzene rings is 7. The average Bonchev–Trinajstić information content (AvgIpc) is 3.31. The van der Waals surface area contributed by atoms with Crippen molar-refractivity contribution < 1.29 is 23.7 Å². The summed E-state index contributed by atoms with van der Waals surface area (Å²) >= 11 is 0. The molecule has 0 bridgehead atoms. The van der Waals surface area contributed by atoms with Gasteiger partial charge in [0.1, 0.15) is 59.9 Å². The Morgan fingerprint density at radius 3 is 1.02 bits per heavy atom. The second-order valence-corrected chi connectivity index (χ2v) is 18.5. The average molecular weight is 800 g/mol. The van der Waals surface area contributed by atoms with Crippen LogP contribution in [-0.4, -0.2) is 43.3 Å². The van der Waals surface area contributed by atoms with E-state index in [0.717, 1.165) is 22.3 Å². The van der Waals surface area contributed by atoms with Crippen LogP contribution in [0.3, 0.4) is 0 Å². The molecule has 1 saturated heterocycles. The van der Waals surface area contributed by atoms with Crippen LogP contribution in [0.25, 0.3) is 0 Å². The third-order valence-electron chi connectivity index (χ3n) is 11.0. The van der Waals surface area contributed by atoms with Crippen LogP contribution in [-0.2, 0) is 50.1 Å². The molecule has 1 aliphatic rings. The Kier molecular flexibility index (Phi) is 14.2. The molecule has 6 heteroatoms. The lowest BCUT2D eigenvalue weighted by Crippen LogP contribution is -2.62. The quantitative estimate of drug-likeness (QED) is 0.0810. The van der Waals surface area contributed by atoms with E-state index in [1.54, 1.807) is 0 Å². The first-order valence-corrected chi connectivity index (χ1v) is 22.5. The molecular weight excluding hydrogens is 748 g/mol. The van der Waals surface area contributed by atoms with Crippen LogP contribution in [0.15, 0.2) is 212 Å². The summed E-state index contributed by atoms with van der Waals surface area (Å²) in [6, 6.07) is 74.2. The topological polar surface area (TPSA) is 46.2 Å². The maximum atomic E-state index is 7.50. The van der Waals surface area contributed by atoms with Crippen LogP contribution in [0.2, 0.25) is 0 Å². The van der Waals surface area contributed by atoms with E-state index >= 15 is 0 Å². The minimum atomic E-state index is -2.38. The first-order chi connectivity index (χ1) is 29.3. The monoisotopic (exact) mass is 799 g/mol. The molecule has 7 aromatic rings. The molecule has 8 rings (SSSR count). The van der Waals surface area contributed by atoms with E-state index in [1.807, 2.05) is 48.5 Å². The van der Waals surface area contributed by atoms with Crippen molar-refractivity contribution in [1.82, 2.24) is 0 Å². The van der Waals surface area contributed by atoms with Gasteiger partial charge in [-0.25, -0.2) is 0 Å². The van der Waals surface area contributed by atoms with E-state index < -0.39 is 37.8 Å². The molecule has 1 heterocycles. The zero-order chi connectivity index (χ0) is 40.0. The van der Waals surface area contributed by atoms with Crippen molar-refractivity contribution in [2.24, 2.45) is 0 Å². The van der Waals surface area contributed by atoms with Gasteiger partial charge >= 0.3 is 0 Å². The van der Waals surface area contributed by atoms with Crippen molar-refractivity contribution in [2.75, 3.05) is 12.8 Å². The first-order valence-electron chi connectivity index (χ1n) is 20.5. The van der Waals surface area contributed by atoms with Gasteiger partial charge in [-0.2, -0.15) is 0 Å². The summed E-state index contributed by atoms with van der Waals surface area (Å²) in [4.78, 5) is 0. The molecule has 1 fully saturated rings. The maximum absolute atomic E-state index is 7.50. The van der Waals surface area contributed by atoms with Crippen LogP contribution in [0.4, 0.5) is 0 Å². The largest absolute Gasteiger partial charge is 0.374 e. The maximum Gasteiger partial charge on any atom is 0.121 e. The molecule has 298 valence electrons. The van der Waals surface area contributed by atoms with Gasteiger partial charge in [0.05, 0.1) is 33.0 Å². The standard InChI is InChI=1S/C53H52O5P/c1-8-22-42(23-9-1)36-54-40-49-51(55-37-43-24-10-2-11-25-43)53(57-39-45-28-14-4-15-29-45)52(56-38-44-26-12-3-13-27-44)50(58-49)41-59(46-30-16-5-17-31-46,47-32-18-6-19-33-47)48-34-20-7-21-35-48/h1-35,49-53H,36-41H2/q+1/t49-,50+,51-,52+,53+/m1/s1. The van der Waals surface area contributed by atoms with Crippen molar-refractivity contribution in [1.29, 1.82) is 0 Å². The predicted molar refractivity (Wildman–Crippen MR) is 240 cm³/mol. The van der Waals surface area contributed by atoms with Crippen molar-refractivity contribution >= 4 is 23.2 Å². The van der Waals surface area contributed by atoms with Crippen molar-refractivity contribution in [3.8, 4) is 0 Å². The summed E-state index contributed by atoms with van der Waals surface area (Å²) < 4.78 is 35.4. The Morgan fingerprint density at radius 1 is 0.339 bits per heavy atom. The molecular formula is C53H52O5P+. The van der Waals surface area contributed by atoms with Crippen LogP contribution in [0.1, 0.15) is 22.3 Å². The molecule has 1 aliphatic heterocycles. The van der Waals surface area contributed by atoms with Crippen molar-refractivity contribution in [3.63, 3.8) is 0 Å². The summed E-state index contributed by atoms with van der Waals surface area (Å²) in [6.07, 6.45) is -1.71. The van der Waals surface area contributed by atoms with Crippen LogP contribution in [0, 0.1) is 0 Å². The molecule has 5 atom stereocenters. The summed E-state index contributed by atoms with van der Waals surface area (Å²) in [5.74, 6) is 0. The Labute approximate surface area is 349 Å². The van der Waals surface area contributed by atoms with Gasteiger partial charge < -0.3 is 23.7 Å². The summed E-state index contributed by atoms with van der Waals surface area (Å²) in [7, 11) is -2.38. The van der Waals surface area contributed by atoms with Crippen LogP contribution < -0.4 is 15.9 Å². The second kappa shape index (κ2) is 20.6. The van der Waals surface area contributed by atoms with E-state index in [-0.39, 0.29) is 0 Å². The molecule has 0 amide bonds. The molecule has 0 spiro atoms. The van der Waals surface area contributed by atoms with E-state index in [9.17, 15) is 0 Å². The molecule has 0 aliphatic carbocycles. The number of ether oxygens (including phenoxy) is 5. The number of hydrogen-bond donors (Lipinski definition) is 0. The Balaban J connectivity index is 1.24. The van der Waals surface area contributed by atoms with Gasteiger partial charge in [-0.3, -0.25) is 0 Å². The van der Waals surface area contributed by atoms with Crippen LogP contribution in [0.5, 0.6) is 0 Å². The van der Waals surface area contributed by atoms with Gasteiger partial charge in [-0.1, -0.05) is 176 Å². The fourth-order valence-corrected chi connectivity index (χ4v) is 12.5. The van der Waals surface area contributed by atoms with Gasteiger partial charge in [-0.05, 0) is 58.7 Å². The molecule has 0 radical (unpaired) electrons. The summed E-state index contributed by atoms with van der Waals surface area (Å²) in [6.45, 7) is 1.94. The Hall–Kier alpha value is -5.23. The Morgan fingerprint density at radius 2 is 0.644 bits per heavy atom. The molecule has 0 N–H and O–H groups in total. The third-order valence-corrected chi connectivity index (χ3v) is 15.5. The smallest absolute Gasteiger partial charge is 0.121 e. The SMILES string of the molecule is c1ccc(COC[C@H]2O[C@@H](C[P+](c3ccccc3)(c3ccccc3)c3ccccc3)[C@H](OCc3ccccc3)[C@@H](OCc3ccccc3)[C@@H]2OCc2ccccc2)cc1. The van der Waals surface area contributed by atoms with Crippen molar-refractivity contribution in [2.45, 2.75) is 56.9 Å². The van der Waals surface area contributed by atoms with Gasteiger partial charge in [0.2, 0.25) is 0 Å². The Bertz CT molecular complexity index is 2130. The fourth-order valence-electron chi connectivity index (χ4n) is 8.11. The fraction of sp³-hybridized carbons (Fsp3) is 0.208. The van der Waals surface area contributed by atoms with E-state index in [2.05, 4.69) is 164 Å². The van der Waals surface area contributed by atoms with Gasteiger partial charge in [0, 0.05) is 0 Å². The predicted octanol–water partition coefficient (Wildman–Crippen LogP) is 9.72. The highest BCUT2D eigenvalue weighted by Gasteiger charge is 2.55. The second-order valence-electron chi connectivity index (χ2n) is 15.0. The van der Waals surface area contributed by atoms with Gasteiger partial charge in [-0.15, -0.1) is 0 Å². The minimum Gasteiger partial charge on any atom is -0.374 e. The van der Waals surface area contributed by atoms with E-state index in [4.69, 9.17) is 23.7 Å². The van der Waals surface area contributed by atoms with Gasteiger partial charge in [0.15, 0.2) is 0 Å². The molecule has 59 heavy (non-hydrogen) atoms. The highest BCUT2D eigenvalue weighted by Crippen LogP contribution is 2.57. The first kappa shape index (κ1) is 40.5. The van der Waals surface area contributed by atoms with Gasteiger partial charge in [0.25, 0.3) is 0 Å². The minimum absolute atomic E-state index is 0.314. The third kappa shape index (κ3) is 10.3. The summed E-state index contributed by atoms with van der Waals surface area (Å²) in [5.41, 5.74) is 4.34. The van der Waals surface area contributed by atoms with Crippen molar-refractivity contribution in [3.05, 3.63) is 235 Å². The molecule has 0 aromatic heterocycles. The lowest BCUT2D eigenvalue weighted by Gasteiger charge is -2.47. The summed E-state index contributed by atoms with van der Waals surface area (Å²) in [5, 5.41) is 3.84. The van der Waals surface area contributed by atoms with E-state index in [1.165, 1.54) is 15.9 Å². The lowest BCUT2D eigenvalue weighted by atomic mass is 9.94. The normalized spacial score (nSPS) is 19.3. The highest BCUT2D eigenvalue weighted by atomic mass is 31.2. The molecule has 7 aromatic carbocycles. The molecule has 0 unspecified atom stereocenters. The zero-order valence-corrected chi connectivity index (χ0v) is 34.2. The van der Waals surface area contributed by atoms with E-state index in [0.29, 0.717) is 39.2 Å².